The summed E-state index contributed by atoms with van der Waals surface area (Å²) in [6.07, 6.45) is 4.70. The Morgan fingerprint density at radius 3 is 3.00 bits per heavy atom. The Kier molecular flexibility index (Phi) is 2.41. The van der Waals surface area contributed by atoms with Gasteiger partial charge in [-0.1, -0.05) is 0 Å². The second-order valence-corrected chi connectivity index (χ2v) is 3.28. The summed E-state index contributed by atoms with van der Waals surface area (Å²) >= 11 is 0. The molecule has 14 heavy (non-hydrogen) atoms. The molecule has 0 aliphatic carbocycles. The second-order valence-electron chi connectivity index (χ2n) is 3.28. The summed E-state index contributed by atoms with van der Waals surface area (Å²) in [5.41, 5.74) is 0.335. The van der Waals surface area contributed by atoms with Crippen molar-refractivity contribution in [3.63, 3.8) is 0 Å². The highest BCUT2D eigenvalue weighted by atomic mass is 16.3. The van der Waals surface area contributed by atoms with Gasteiger partial charge >= 0.3 is 0 Å². The molecular weight excluding hydrogens is 182 g/mol. The number of aromatic nitrogens is 2. The second kappa shape index (κ2) is 3.71. The minimum absolute atomic E-state index is 0.158. The molecule has 0 radical (unpaired) electrons. The zero-order valence-corrected chi connectivity index (χ0v) is 7.63. The zero-order chi connectivity index (χ0) is 9.97. The van der Waals surface area contributed by atoms with Crippen LogP contribution in [0.5, 0.6) is 0 Å². The number of likely N-dealkylation sites (tertiary alicyclic amines) is 1. The van der Waals surface area contributed by atoms with E-state index in [4.69, 9.17) is 0 Å². The van der Waals surface area contributed by atoms with Gasteiger partial charge in [0, 0.05) is 25.5 Å². The van der Waals surface area contributed by atoms with E-state index in [9.17, 15) is 9.90 Å². The fourth-order valence-electron chi connectivity index (χ4n) is 1.50. The van der Waals surface area contributed by atoms with Gasteiger partial charge in [0.1, 0.15) is 5.69 Å². The third-order valence-corrected chi connectivity index (χ3v) is 2.23. The Morgan fingerprint density at radius 1 is 1.57 bits per heavy atom. The molecule has 5 nitrogen and oxygen atoms in total. The van der Waals surface area contributed by atoms with Gasteiger partial charge in [-0.3, -0.25) is 9.78 Å². The molecular formula is C9H11N3O2. The van der Waals surface area contributed by atoms with E-state index in [-0.39, 0.29) is 5.91 Å². The van der Waals surface area contributed by atoms with Crippen molar-refractivity contribution in [3.05, 3.63) is 24.3 Å². The first-order chi connectivity index (χ1) is 6.77. The van der Waals surface area contributed by atoms with Crippen molar-refractivity contribution in [2.75, 3.05) is 13.1 Å². The van der Waals surface area contributed by atoms with Gasteiger partial charge in [-0.2, -0.15) is 0 Å². The highest BCUT2D eigenvalue weighted by Crippen LogP contribution is 2.11. The number of carbonyl (C=O) groups excluding carboxylic acids is 1. The first-order valence-corrected chi connectivity index (χ1v) is 4.51. The van der Waals surface area contributed by atoms with Crippen LogP contribution in [-0.2, 0) is 0 Å². The fourth-order valence-corrected chi connectivity index (χ4v) is 1.50. The molecule has 1 aliphatic rings. The van der Waals surface area contributed by atoms with Gasteiger partial charge in [0.15, 0.2) is 0 Å². The van der Waals surface area contributed by atoms with Crippen molar-refractivity contribution in [1.82, 2.24) is 14.9 Å². The minimum atomic E-state index is -0.393. The van der Waals surface area contributed by atoms with Crippen LogP contribution in [0.2, 0.25) is 0 Å². The molecule has 1 aliphatic heterocycles. The van der Waals surface area contributed by atoms with Crippen LogP contribution in [0.1, 0.15) is 16.9 Å². The number of nitrogens with zero attached hydrogens (tertiary/aromatic N) is 3. The highest BCUT2D eigenvalue weighted by molar-refractivity contribution is 5.92. The van der Waals surface area contributed by atoms with Crippen molar-refractivity contribution in [2.24, 2.45) is 0 Å². The lowest BCUT2D eigenvalue weighted by atomic mass is 10.3. The summed E-state index contributed by atoms with van der Waals surface area (Å²) in [5.74, 6) is -0.158. The Labute approximate surface area is 81.4 Å². The van der Waals surface area contributed by atoms with Gasteiger partial charge in [0.25, 0.3) is 5.91 Å². The van der Waals surface area contributed by atoms with E-state index in [1.807, 2.05) is 0 Å². The van der Waals surface area contributed by atoms with E-state index in [1.54, 1.807) is 4.90 Å². The van der Waals surface area contributed by atoms with Gasteiger partial charge in [-0.25, -0.2) is 4.98 Å². The molecule has 1 saturated heterocycles. The molecule has 1 aromatic heterocycles. The van der Waals surface area contributed by atoms with Crippen LogP contribution in [0.15, 0.2) is 18.6 Å². The monoisotopic (exact) mass is 193 g/mol. The first-order valence-electron chi connectivity index (χ1n) is 4.51. The van der Waals surface area contributed by atoms with E-state index in [1.165, 1.54) is 18.6 Å². The number of aliphatic hydroxyl groups is 1. The molecule has 1 amide bonds. The zero-order valence-electron chi connectivity index (χ0n) is 7.63. The van der Waals surface area contributed by atoms with E-state index in [2.05, 4.69) is 9.97 Å². The van der Waals surface area contributed by atoms with Crippen LogP contribution in [0, 0.1) is 0 Å². The molecule has 1 fully saturated rings. The Morgan fingerprint density at radius 2 is 2.43 bits per heavy atom. The average molecular weight is 193 g/mol. The lowest BCUT2D eigenvalue weighted by Gasteiger charge is -2.13. The highest BCUT2D eigenvalue weighted by Gasteiger charge is 2.25. The quantitative estimate of drug-likeness (QED) is 0.664. The summed E-state index contributed by atoms with van der Waals surface area (Å²) in [4.78, 5) is 21.0. The van der Waals surface area contributed by atoms with E-state index < -0.39 is 6.10 Å². The smallest absolute Gasteiger partial charge is 0.274 e. The maximum atomic E-state index is 11.7. The van der Waals surface area contributed by atoms with Crippen molar-refractivity contribution >= 4 is 5.91 Å². The predicted molar refractivity (Wildman–Crippen MR) is 48.6 cm³/mol. The number of hydrogen-bond acceptors (Lipinski definition) is 4. The Hall–Kier alpha value is -1.49. The third kappa shape index (κ3) is 1.72. The summed E-state index contributed by atoms with van der Waals surface area (Å²) in [5, 5.41) is 9.27. The van der Waals surface area contributed by atoms with Gasteiger partial charge in [0.05, 0.1) is 12.3 Å². The maximum absolute atomic E-state index is 11.7. The number of aliphatic hydroxyl groups excluding tert-OH is 1. The molecule has 2 heterocycles. The number of β-amino-alcohol motifs (C(OH)–C–C–N with tert-alkyl or cyclic N) is 1. The van der Waals surface area contributed by atoms with Gasteiger partial charge in [-0.15, -0.1) is 0 Å². The maximum Gasteiger partial charge on any atom is 0.274 e. The molecule has 74 valence electrons. The van der Waals surface area contributed by atoms with Crippen LogP contribution < -0.4 is 0 Å². The van der Waals surface area contributed by atoms with Crippen molar-refractivity contribution in [3.8, 4) is 0 Å². The molecule has 1 atom stereocenters. The molecule has 1 aromatic rings. The number of hydrogen-bond donors (Lipinski definition) is 1. The molecule has 0 unspecified atom stereocenters. The van der Waals surface area contributed by atoms with Crippen molar-refractivity contribution < 1.29 is 9.90 Å². The van der Waals surface area contributed by atoms with Crippen LogP contribution in [0.25, 0.3) is 0 Å². The molecule has 2 rings (SSSR count). The van der Waals surface area contributed by atoms with E-state index in [0.717, 1.165) is 0 Å². The predicted octanol–water partition coefficient (Wildman–Crippen LogP) is -0.317. The van der Waals surface area contributed by atoms with Crippen LogP contribution in [0.3, 0.4) is 0 Å². The first kappa shape index (κ1) is 9.08. The summed E-state index contributed by atoms with van der Waals surface area (Å²) in [6, 6.07) is 0. The summed E-state index contributed by atoms with van der Waals surface area (Å²) in [6.45, 7) is 0.992. The average Bonchev–Trinajstić information content (AvgIpc) is 2.65. The number of amides is 1. The van der Waals surface area contributed by atoms with Gasteiger partial charge < -0.3 is 10.0 Å². The van der Waals surface area contributed by atoms with Crippen molar-refractivity contribution in [2.45, 2.75) is 12.5 Å². The minimum Gasteiger partial charge on any atom is -0.391 e. The van der Waals surface area contributed by atoms with Crippen LogP contribution in [-0.4, -0.2) is 45.1 Å². The largest absolute Gasteiger partial charge is 0.391 e. The topological polar surface area (TPSA) is 66.3 Å². The van der Waals surface area contributed by atoms with Gasteiger partial charge in [0.2, 0.25) is 0 Å². The Bertz CT molecular complexity index is 328. The van der Waals surface area contributed by atoms with E-state index >= 15 is 0 Å². The van der Waals surface area contributed by atoms with Crippen molar-refractivity contribution in [1.29, 1.82) is 0 Å². The molecule has 5 heteroatoms. The Balaban J connectivity index is 2.10. The molecule has 1 N–H and O–H groups in total. The van der Waals surface area contributed by atoms with Crippen LogP contribution >= 0.6 is 0 Å². The number of rotatable bonds is 1. The standard InChI is InChI=1S/C9H11N3O2/c13-7-1-4-12(6-7)9(14)8-5-10-2-3-11-8/h2-3,5,7,13H,1,4,6H2/t7-/m1/s1. The summed E-state index contributed by atoms with van der Waals surface area (Å²) < 4.78 is 0. The third-order valence-electron chi connectivity index (χ3n) is 2.23. The molecule has 0 saturated carbocycles. The molecule has 0 spiro atoms. The lowest BCUT2D eigenvalue weighted by molar-refractivity contribution is 0.0759. The van der Waals surface area contributed by atoms with Gasteiger partial charge in [-0.05, 0) is 6.42 Å². The normalized spacial score (nSPS) is 21.2. The lowest BCUT2D eigenvalue weighted by Crippen LogP contribution is -2.30. The molecule has 0 aromatic carbocycles. The SMILES string of the molecule is O=C(c1cnccn1)N1CC[C@@H](O)C1. The summed E-state index contributed by atoms with van der Waals surface area (Å²) in [7, 11) is 0. The van der Waals surface area contributed by atoms with Crippen LogP contribution in [0.4, 0.5) is 0 Å². The van der Waals surface area contributed by atoms with E-state index in [0.29, 0.717) is 25.2 Å². The fraction of sp³-hybridized carbons (Fsp3) is 0.444. The molecule has 0 bridgehead atoms. The number of carbonyl (C=O) groups is 1.